The number of hydrogen-bond donors (Lipinski definition) is 0. The second-order valence-corrected chi connectivity index (χ2v) is 10.6. The van der Waals surface area contributed by atoms with E-state index < -0.39 is 23.5 Å². The molecule has 0 radical (unpaired) electrons. The number of likely N-dealkylation sites (N-methyl/N-ethyl adjacent to an activating group) is 1. The van der Waals surface area contributed by atoms with Crippen LogP contribution in [0.3, 0.4) is 0 Å². The van der Waals surface area contributed by atoms with Crippen LogP contribution in [0.1, 0.15) is 22.3 Å². The van der Waals surface area contributed by atoms with Gasteiger partial charge in [0.2, 0.25) is 0 Å². The Labute approximate surface area is 236 Å². The summed E-state index contributed by atoms with van der Waals surface area (Å²) in [5, 5.41) is 4.57. The Bertz CT molecular complexity index is 1480. The Hall–Kier alpha value is -3.36. The molecule has 0 aliphatic carbocycles. The maximum Gasteiger partial charge on any atom is 0.416 e. The number of hydrogen-bond acceptors (Lipinski definition) is 6. The van der Waals surface area contributed by atoms with Crippen LogP contribution in [-0.4, -0.2) is 78.1 Å². The maximum absolute atomic E-state index is 13.6. The number of ether oxygens (including phenoxy) is 1. The first kappa shape index (κ1) is 30.6. The molecule has 0 N–H and O–H groups in total. The molecule has 2 heterocycles. The van der Waals surface area contributed by atoms with Gasteiger partial charge in [-0.05, 0) is 67.3 Å². The van der Waals surface area contributed by atoms with Crippen LogP contribution in [0, 0.1) is 0 Å². The van der Waals surface area contributed by atoms with Crippen LogP contribution in [0.25, 0.3) is 17.0 Å². The Morgan fingerprint density at radius 2 is 1.76 bits per heavy atom. The lowest BCUT2D eigenvalue weighted by Crippen LogP contribution is -2.38. The van der Waals surface area contributed by atoms with Crippen molar-refractivity contribution in [3.63, 3.8) is 0 Å². The van der Waals surface area contributed by atoms with E-state index >= 15 is 0 Å². The predicted octanol–water partition coefficient (Wildman–Crippen LogP) is 6.24. The summed E-state index contributed by atoms with van der Waals surface area (Å²) in [7, 11) is 5.48. The predicted molar refractivity (Wildman–Crippen MR) is 146 cm³/mol. The SMILES string of the molecule is COCCN(CCN(C)C)C1=NC(=O)S/C1=C\c1ccc2nn(Cc3ccc(C(F)(F)F)cc3C(F)(F)F)cc2c1. The van der Waals surface area contributed by atoms with Crippen molar-refractivity contribution in [3.8, 4) is 0 Å². The van der Waals surface area contributed by atoms with Gasteiger partial charge in [-0.15, -0.1) is 0 Å². The number of amidine groups is 1. The van der Waals surface area contributed by atoms with E-state index in [1.807, 2.05) is 23.9 Å². The third-order valence-electron chi connectivity index (χ3n) is 6.25. The minimum Gasteiger partial charge on any atom is -0.383 e. The summed E-state index contributed by atoms with van der Waals surface area (Å²) in [6, 6.07) is 6.79. The number of amides is 1. The molecule has 1 aliphatic heterocycles. The number of methoxy groups -OCH3 is 1. The highest BCUT2D eigenvalue weighted by Crippen LogP contribution is 2.38. The van der Waals surface area contributed by atoms with Gasteiger partial charge < -0.3 is 14.5 Å². The molecule has 0 saturated carbocycles. The van der Waals surface area contributed by atoms with Gasteiger partial charge >= 0.3 is 17.6 Å². The quantitative estimate of drug-likeness (QED) is 0.272. The zero-order valence-electron chi connectivity index (χ0n) is 22.4. The minimum absolute atomic E-state index is 0.122. The van der Waals surface area contributed by atoms with Crippen molar-refractivity contribution in [1.29, 1.82) is 0 Å². The second kappa shape index (κ2) is 12.2. The molecule has 0 fully saturated rings. The number of fused-ring (bicyclic) bond motifs is 1. The summed E-state index contributed by atoms with van der Waals surface area (Å²) >= 11 is 0.999. The normalized spacial score (nSPS) is 15.4. The summed E-state index contributed by atoms with van der Waals surface area (Å²) in [5.41, 5.74) is -1.86. The maximum atomic E-state index is 13.6. The van der Waals surface area contributed by atoms with E-state index in [1.54, 1.807) is 31.4 Å². The number of carbonyl (C=O) groups excluding carboxylic acids is 1. The minimum atomic E-state index is -4.97. The van der Waals surface area contributed by atoms with Gasteiger partial charge in [0.15, 0.2) is 0 Å². The molecular formula is C27H27F6N5O2S. The molecule has 4 rings (SSSR count). The van der Waals surface area contributed by atoms with Crippen LogP contribution in [-0.2, 0) is 23.6 Å². The van der Waals surface area contributed by atoms with Crippen molar-refractivity contribution in [2.24, 2.45) is 4.99 Å². The van der Waals surface area contributed by atoms with Crippen molar-refractivity contribution in [2.75, 3.05) is 47.4 Å². The lowest BCUT2D eigenvalue weighted by Gasteiger charge is -2.26. The molecule has 2 aromatic carbocycles. The first-order chi connectivity index (χ1) is 19.2. The molecule has 3 aromatic rings. The number of aromatic nitrogens is 2. The molecule has 41 heavy (non-hydrogen) atoms. The van der Waals surface area contributed by atoms with Crippen LogP contribution >= 0.6 is 11.8 Å². The largest absolute Gasteiger partial charge is 0.416 e. The van der Waals surface area contributed by atoms with E-state index in [1.165, 1.54) is 10.9 Å². The van der Waals surface area contributed by atoms with E-state index in [4.69, 9.17) is 4.74 Å². The van der Waals surface area contributed by atoms with Crippen molar-refractivity contribution in [2.45, 2.75) is 18.9 Å². The number of alkyl halides is 6. The molecular weight excluding hydrogens is 572 g/mol. The highest BCUT2D eigenvalue weighted by atomic mass is 32.2. The first-order valence-electron chi connectivity index (χ1n) is 12.4. The highest BCUT2D eigenvalue weighted by Gasteiger charge is 2.38. The van der Waals surface area contributed by atoms with E-state index in [2.05, 4.69) is 10.1 Å². The third kappa shape index (κ3) is 7.68. The molecule has 1 amide bonds. The molecule has 0 bridgehead atoms. The zero-order valence-corrected chi connectivity index (χ0v) is 23.2. The zero-order chi connectivity index (χ0) is 29.9. The standard InChI is InChI=1S/C27H27F6N5O2S/c1-36(2)8-9-37(10-11-40-3)24-23(41-25(39)34-24)13-17-4-7-22-19(12-17)16-38(35-22)15-18-5-6-20(26(28,29)30)14-21(18)27(31,32)33/h4-7,12-14,16H,8-11,15H2,1-3H3/b23-13-. The van der Waals surface area contributed by atoms with Crippen molar-refractivity contribution >= 4 is 39.8 Å². The van der Waals surface area contributed by atoms with Gasteiger partial charge in [-0.1, -0.05) is 12.1 Å². The van der Waals surface area contributed by atoms with Gasteiger partial charge in [0.25, 0.3) is 0 Å². The van der Waals surface area contributed by atoms with Gasteiger partial charge in [0.1, 0.15) is 5.84 Å². The lowest BCUT2D eigenvalue weighted by molar-refractivity contribution is -0.143. The van der Waals surface area contributed by atoms with E-state index in [-0.39, 0.29) is 23.4 Å². The smallest absolute Gasteiger partial charge is 0.383 e. The van der Waals surface area contributed by atoms with Gasteiger partial charge in [-0.25, -0.2) is 0 Å². The average molecular weight is 600 g/mol. The summed E-state index contributed by atoms with van der Waals surface area (Å²) in [6.45, 7) is 1.95. The molecule has 7 nitrogen and oxygen atoms in total. The Morgan fingerprint density at radius 1 is 1.00 bits per heavy atom. The van der Waals surface area contributed by atoms with Crippen LogP contribution in [0.5, 0.6) is 0 Å². The van der Waals surface area contributed by atoms with Crippen LogP contribution in [0.4, 0.5) is 31.1 Å². The van der Waals surface area contributed by atoms with Crippen molar-refractivity contribution < 1.29 is 35.9 Å². The van der Waals surface area contributed by atoms with Gasteiger partial charge in [0, 0.05) is 38.3 Å². The fraction of sp³-hybridized carbons (Fsp3) is 0.370. The fourth-order valence-corrected chi connectivity index (χ4v) is 5.00. The molecule has 1 aromatic heterocycles. The lowest BCUT2D eigenvalue weighted by atomic mass is 10.0. The van der Waals surface area contributed by atoms with Crippen LogP contribution in [0.15, 0.2) is 52.5 Å². The summed E-state index contributed by atoms with van der Waals surface area (Å²) < 4.78 is 86.3. The van der Waals surface area contributed by atoms with Crippen LogP contribution in [0.2, 0.25) is 0 Å². The second-order valence-electron chi connectivity index (χ2n) is 9.61. The molecule has 14 heteroatoms. The summed E-state index contributed by atoms with van der Waals surface area (Å²) in [5.74, 6) is 0.539. The average Bonchev–Trinajstić information content (AvgIpc) is 3.44. The Kier molecular flexibility index (Phi) is 9.14. The van der Waals surface area contributed by atoms with Crippen molar-refractivity contribution in [1.82, 2.24) is 19.6 Å². The number of nitrogens with zero attached hydrogens (tertiary/aromatic N) is 5. The molecule has 0 unspecified atom stereocenters. The molecule has 0 atom stereocenters. The van der Waals surface area contributed by atoms with Crippen LogP contribution < -0.4 is 0 Å². The Morgan fingerprint density at radius 3 is 2.41 bits per heavy atom. The van der Waals surface area contributed by atoms with Gasteiger partial charge in [-0.2, -0.15) is 36.4 Å². The topological polar surface area (TPSA) is 63.0 Å². The van der Waals surface area contributed by atoms with Gasteiger partial charge in [-0.3, -0.25) is 9.48 Å². The van der Waals surface area contributed by atoms with E-state index in [9.17, 15) is 31.1 Å². The third-order valence-corrected chi connectivity index (χ3v) is 7.03. The number of thioether (sulfide) groups is 1. The van der Waals surface area contributed by atoms with E-state index in [0.29, 0.717) is 53.0 Å². The van der Waals surface area contributed by atoms with Gasteiger partial charge in [0.05, 0.1) is 34.7 Å². The summed E-state index contributed by atoms with van der Waals surface area (Å²) in [6.07, 6.45) is -6.54. The first-order valence-corrected chi connectivity index (χ1v) is 13.2. The number of benzene rings is 2. The molecule has 0 saturated heterocycles. The number of halogens is 6. The molecule has 220 valence electrons. The monoisotopic (exact) mass is 599 g/mol. The fourth-order valence-electron chi connectivity index (χ4n) is 4.22. The number of aliphatic imine (C=N–C) groups is 1. The highest BCUT2D eigenvalue weighted by molar-refractivity contribution is 8.18. The van der Waals surface area contributed by atoms with E-state index in [0.717, 1.165) is 24.4 Å². The summed E-state index contributed by atoms with van der Waals surface area (Å²) in [4.78, 5) is 21.1. The molecule has 0 spiro atoms. The molecule has 1 aliphatic rings. The van der Waals surface area contributed by atoms with Crippen molar-refractivity contribution in [3.05, 3.63) is 69.8 Å². The number of carbonyl (C=O) groups is 1. The Balaban J connectivity index is 1.61. The number of rotatable bonds is 9.